The molecule has 1 N–H and O–H groups in total. The minimum atomic E-state index is -0.561. The first-order chi connectivity index (χ1) is 5.24. The van der Waals surface area contributed by atoms with Crippen molar-refractivity contribution in [3.05, 3.63) is 34.3 Å². The summed E-state index contributed by atoms with van der Waals surface area (Å²) in [5.41, 5.74) is 0.842. The molecule has 1 aromatic carbocycles. The van der Waals surface area contributed by atoms with Gasteiger partial charge >= 0.3 is 0 Å². The second-order valence-corrected chi connectivity index (χ2v) is 3.45. The molecule has 0 saturated heterocycles. The molecule has 1 atom stereocenters. The molecule has 0 aliphatic rings. The lowest BCUT2D eigenvalue weighted by molar-refractivity contribution is 0.202. The molecule has 0 aromatic heterocycles. The van der Waals surface area contributed by atoms with Crippen LogP contribution in [0.15, 0.2) is 28.7 Å². The van der Waals surface area contributed by atoms with Gasteiger partial charge in [-0.2, -0.15) is 0 Å². The van der Waals surface area contributed by atoms with Crippen LogP contribution in [0.2, 0.25) is 0 Å². The normalized spacial score (nSPS) is 13.0. The molecule has 1 rings (SSSR count). The van der Waals surface area contributed by atoms with Gasteiger partial charge in [0.05, 0.1) is 12.0 Å². The maximum atomic E-state index is 9.30. The second-order valence-electron chi connectivity index (χ2n) is 2.23. The van der Waals surface area contributed by atoms with Crippen LogP contribution in [0.4, 0.5) is 0 Å². The molecule has 0 amide bonds. The average molecular weight is 236 g/mol. The maximum absolute atomic E-state index is 9.30. The quantitative estimate of drug-likeness (QED) is 0.782. The Bertz CT molecular complexity index is 239. The number of aliphatic hydroxyl groups is 1. The standard InChI is InChI=1S/C8H8BrClO/c9-7-3-1-2-6(4-7)8(11)5-10/h1-4,8,11H,5H2/t8-/m1/s1. The van der Waals surface area contributed by atoms with Crippen LogP contribution >= 0.6 is 27.5 Å². The Balaban J connectivity index is 2.86. The van der Waals surface area contributed by atoms with E-state index in [4.69, 9.17) is 11.6 Å². The highest BCUT2D eigenvalue weighted by Gasteiger charge is 2.04. The molecule has 11 heavy (non-hydrogen) atoms. The molecule has 1 nitrogen and oxygen atoms in total. The molecule has 0 radical (unpaired) electrons. The van der Waals surface area contributed by atoms with E-state index in [-0.39, 0.29) is 5.88 Å². The van der Waals surface area contributed by atoms with Gasteiger partial charge in [-0.25, -0.2) is 0 Å². The largest absolute Gasteiger partial charge is 0.387 e. The smallest absolute Gasteiger partial charge is 0.0925 e. The summed E-state index contributed by atoms with van der Waals surface area (Å²) in [6.45, 7) is 0. The lowest BCUT2D eigenvalue weighted by atomic mass is 10.1. The molecule has 0 aliphatic heterocycles. The highest BCUT2D eigenvalue weighted by atomic mass is 79.9. The summed E-state index contributed by atoms with van der Waals surface area (Å²) in [6, 6.07) is 7.48. The lowest BCUT2D eigenvalue weighted by Crippen LogP contribution is -1.97. The number of halogens is 2. The van der Waals surface area contributed by atoms with Crippen molar-refractivity contribution < 1.29 is 5.11 Å². The summed E-state index contributed by atoms with van der Waals surface area (Å²) in [5.74, 6) is 0.233. The first kappa shape index (κ1) is 9.04. The van der Waals surface area contributed by atoms with Crippen molar-refractivity contribution >= 4 is 27.5 Å². The molecular weight excluding hydrogens is 227 g/mol. The molecule has 0 saturated carbocycles. The second kappa shape index (κ2) is 4.10. The first-order valence-corrected chi connectivity index (χ1v) is 4.56. The molecule has 0 aliphatic carbocycles. The van der Waals surface area contributed by atoms with Gasteiger partial charge in [-0.15, -0.1) is 11.6 Å². The Kier molecular flexibility index (Phi) is 3.37. The van der Waals surface area contributed by atoms with E-state index in [1.807, 2.05) is 24.3 Å². The number of benzene rings is 1. The third-order valence-corrected chi connectivity index (χ3v) is 2.17. The van der Waals surface area contributed by atoms with Crippen molar-refractivity contribution in [2.75, 3.05) is 5.88 Å². The van der Waals surface area contributed by atoms with Crippen LogP contribution in [0.25, 0.3) is 0 Å². The van der Waals surface area contributed by atoms with Gasteiger partial charge in [0.1, 0.15) is 0 Å². The SMILES string of the molecule is O[C@H](CCl)c1cccc(Br)c1. The van der Waals surface area contributed by atoms with Crippen LogP contribution in [-0.4, -0.2) is 11.0 Å². The lowest BCUT2D eigenvalue weighted by Gasteiger charge is -2.06. The van der Waals surface area contributed by atoms with Gasteiger partial charge in [-0.1, -0.05) is 28.1 Å². The summed E-state index contributed by atoms with van der Waals surface area (Å²) >= 11 is 8.78. The third kappa shape index (κ3) is 2.47. The van der Waals surface area contributed by atoms with Gasteiger partial charge in [0, 0.05) is 4.47 Å². The highest BCUT2D eigenvalue weighted by Crippen LogP contribution is 2.18. The van der Waals surface area contributed by atoms with Crippen molar-refractivity contribution in [3.63, 3.8) is 0 Å². The van der Waals surface area contributed by atoms with E-state index in [1.165, 1.54) is 0 Å². The number of rotatable bonds is 2. The van der Waals surface area contributed by atoms with E-state index in [1.54, 1.807) is 0 Å². The fourth-order valence-electron chi connectivity index (χ4n) is 0.803. The maximum Gasteiger partial charge on any atom is 0.0925 e. The average Bonchev–Trinajstić information content (AvgIpc) is 2.03. The summed E-state index contributed by atoms with van der Waals surface area (Å²) in [4.78, 5) is 0. The highest BCUT2D eigenvalue weighted by molar-refractivity contribution is 9.10. The van der Waals surface area contributed by atoms with Gasteiger partial charge in [-0.3, -0.25) is 0 Å². The van der Waals surface area contributed by atoms with Crippen LogP contribution in [0, 0.1) is 0 Å². The van der Waals surface area contributed by atoms with Crippen molar-refractivity contribution in [3.8, 4) is 0 Å². The summed E-state index contributed by atoms with van der Waals surface area (Å²) < 4.78 is 0.958. The van der Waals surface area contributed by atoms with Crippen molar-refractivity contribution in [2.45, 2.75) is 6.10 Å². The minimum Gasteiger partial charge on any atom is -0.387 e. The molecule has 0 spiro atoms. The Morgan fingerprint density at radius 1 is 1.55 bits per heavy atom. The summed E-state index contributed by atoms with van der Waals surface area (Å²) in [6.07, 6.45) is -0.561. The number of alkyl halides is 1. The van der Waals surface area contributed by atoms with Crippen LogP contribution in [0.5, 0.6) is 0 Å². The van der Waals surface area contributed by atoms with E-state index in [0.29, 0.717) is 0 Å². The van der Waals surface area contributed by atoms with E-state index < -0.39 is 6.10 Å². The number of hydrogen-bond acceptors (Lipinski definition) is 1. The molecule has 0 fully saturated rings. The van der Waals surface area contributed by atoms with Gasteiger partial charge < -0.3 is 5.11 Å². The molecule has 1 aromatic rings. The fraction of sp³-hybridized carbons (Fsp3) is 0.250. The number of hydrogen-bond donors (Lipinski definition) is 1. The predicted octanol–water partition coefficient (Wildman–Crippen LogP) is 2.72. The van der Waals surface area contributed by atoms with E-state index in [9.17, 15) is 5.11 Å². The predicted molar refractivity (Wildman–Crippen MR) is 49.8 cm³/mol. The topological polar surface area (TPSA) is 20.2 Å². The van der Waals surface area contributed by atoms with Crippen LogP contribution in [0.1, 0.15) is 11.7 Å². The van der Waals surface area contributed by atoms with Gasteiger partial charge in [0.2, 0.25) is 0 Å². The van der Waals surface area contributed by atoms with Gasteiger partial charge in [-0.05, 0) is 17.7 Å². The van der Waals surface area contributed by atoms with Crippen LogP contribution in [-0.2, 0) is 0 Å². The molecular formula is C8H8BrClO. The van der Waals surface area contributed by atoms with Crippen molar-refractivity contribution in [1.29, 1.82) is 0 Å². The Labute approximate surface area is 79.1 Å². The third-order valence-electron chi connectivity index (χ3n) is 1.38. The Morgan fingerprint density at radius 2 is 2.27 bits per heavy atom. The minimum absolute atomic E-state index is 0.233. The summed E-state index contributed by atoms with van der Waals surface area (Å²) in [7, 11) is 0. The molecule has 0 bridgehead atoms. The van der Waals surface area contributed by atoms with Crippen molar-refractivity contribution in [2.24, 2.45) is 0 Å². The monoisotopic (exact) mass is 234 g/mol. The number of aliphatic hydroxyl groups excluding tert-OH is 1. The molecule has 0 heterocycles. The fourth-order valence-corrected chi connectivity index (χ4v) is 1.40. The zero-order chi connectivity index (χ0) is 8.27. The molecule has 3 heteroatoms. The van der Waals surface area contributed by atoms with E-state index in [0.717, 1.165) is 10.0 Å². The first-order valence-electron chi connectivity index (χ1n) is 3.23. The summed E-state index contributed by atoms with van der Waals surface area (Å²) in [5, 5.41) is 9.30. The molecule has 0 unspecified atom stereocenters. The van der Waals surface area contributed by atoms with E-state index in [2.05, 4.69) is 15.9 Å². The van der Waals surface area contributed by atoms with E-state index >= 15 is 0 Å². The van der Waals surface area contributed by atoms with Gasteiger partial charge in [0.15, 0.2) is 0 Å². The molecule has 60 valence electrons. The Morgan fingerprint density at radius 3 is 2.82 bits per heavy atom. The Hall–Kier alpha value is -0.0500. The van der Waals surface area contributed by atoms with Crippen LogP contribution < -0.4 is 0 Å². The zero-order valence-electron chi connectivity index (χ0n) is 5.80. The van der Waals surface area contributed by atoms with Gasteiger partial charge in [0.25, 0.3) is 0 Å². The van der Waals surface area contributed by atoms with Crippen LogP contribution in [0.3, 0.4) is 0 Å². The zero-order valence-corrected chi connectivity index (χ0v) is 8.14. The van der Waals surface area contributed by atoms with Crippen molar-refractivity contribution in [1.82, 2.24) is 0 Å².